The summed E-state index contributed by atoms with van der Waals surface area (Å²) in [5.74, 6) is 1.88. The third-order valence-corrected chi connectivity index (χ3v) is 9.25. The zero-order valence-electron chi connectivity index (χ0n) is 21.8. The molecule has 1 unspecified atom stereocenters. The Morgan fingerprint density at radius 3 is 2.53 bits per heavy atom. The molecule has 1 atom stereocenters. The van der Waals surface area contributed by atoms with Crippen LogP contribution >= 0.6 is 0 Å². The topological polar surface area (TPSA) is 65.9 Å². The Hall–Kier alpha value is -1.67. The first-order valence-corrected chi connectivity index (χ1v) is 17.4. The average Bonchev–Trinajstić information content (AvgIpc) is 3.12. The van der Waals surface area contributed by atoms with Gasteiger partial charge < -0.3 is 15.1 Å². The van der Waals surface area contributed by atoms with E-state index in [1.54, 1.807) is 0 Å². The number of nitrogens with zero attached hydrogens (tertiary/aromatic N) is 5. The SMILES string of the molecule is C[Si](C)(C)CCON=C1CCC(N2CCCC(Nc3nccc(N4CCCCCC4)n3)C2)CC1. The summed E-state index contributed by atoms with van der Waals surface area (Å²) in [4.78, 5) is 20.2. The second kappa shape index (κ2) is 12.3. The van der Waals surface area contributed by atoms with Gasteiger partial charge in [-0.2, -0.15) is 4.98 Å². The smallest absolute Gasteiger partial charge is 0.224 e. The van der Waals surface area contributed by atoms with Gasteiger partial charge in [0.15, 0.2) is 0 Å². The maximum Gasteiger partial charge on any atom is 0.224 e. The molecule has 1 aliphatic carbocycles. The molecule has 0 bridgehead atoms. The molecule has 1 N–H and O–H groups in total. The van der Waals surface area contributed by atoms with Gasteiger partial charge in [-0.3, -0.25) is 4.90 Å². The Kier molecular flexibility index (Phi) is 9.22. The summed E-state index contributed by atoms with van der Waals surface area (Å²) in [6.07, 6.45) is 14.1. The molecule has 0 aromatic carbocycles. The maximum atomic E-state index is 5.66. The monoisotopic (exact) mass is 486 g/mol. The minimum absolute atomic E-state index is 0.424. The van der Waals surface area contributed by atoms with Crippen LogP contribution in [0.2, 0.25) is 25.7 Å². The fraction of sp³-hybridized carbons (Fsp3) is 0.808. The van der Waals surface area contributed by atoms with Crippen LogP contribution in [0.3, 0.4) is 0 Å². The lowest BCUT2D eigenvalue weighted by Gasteiger charge is -2.40. The predicted octanol–water partition coefficient (Wildman–Crippen LogP) is 5.39. The lowest BCUT2D eigenvalue weighted by molar-refractivity contribution is 0.132. The minimum atomic E-state index is -1.04. The normalized spacial score (nSPS) is 25.0. The molecule has 7 nitrogen and oxygen atoms in total. The van der Waals surface area contributed by atoms with Crippen LogP contribution in [-0.4, -0.2) is 73.5 Å². The van der Waals surface area contributed by atoms with Crippen LogP contribution in [0.15, 0.2) is 17.4 Å². The largest absolute Gasteiger partial charge is 0.396 e. The van der Waals surface area contributed by atoms with Crippen molar-refractivity contribution in [2.75, 3.05) is 43.0 Å². The standard InChI is InChI=1S/C26H46N6OSi/c1-34(2,3)20-19-33-30-22-10-12-24(13-11-22)32-18-8-9-23(21-32)28-26-27-15-14-25(29-26)31-16-6-4-5-7-17-31/h14-15,23-24H,4-13,16-21H2,1-3H3,(H,27,28,29). The summed E-state index contributed by atoms with van der Waals surface area (Å²) < 4.78 is 0. The number of oxime groups is 1. The molecule has 0 spiro atoms. The van der Waals surface area contributed by atoms with Crippen molar-refractivity contribution < 1.29 is 4.84 Å². The van der Waals surface area contributed by atoms with E-state index in [-0.39, 0.29) is 0 Å². The van der Waals surface area contributed by atoms with Gasteiger partial charge in [0, 0.05) is 46.0 Å². The minimum Gasteiger partial charge on any atom is -0.396 e. The Morgan fingerprint density at radius 2 is 1.79 bits per heavy atom. The molecule has 190 valence electrons. The van der Waals surface area contributed by atoms with E-state index in [0.717, 1.165) is 50.8 Å². The van der Waals surface area contributed by atoms with Crippen molar-refractivity contribution in [2.24, 2.45) is 5.16 Å². The highest BCUT2D eigenvalue weighted by Crippen LogP contribution is 2.26. The number of hydrogen-bond donors (Lipinski definition) is 1. The first-order chi connectivity index (χ1) is 16.5. The summed E-state index contributed by atoms with van der Waals surface area (Å²) >= 11 is 0. The van der Waals surface area contributed by atoms with E-state index in [2.05, 4.69) is 51.0 Å². The molecule has 1 saturated carbocycles. The fourth-order valence-corrected chi connectivity index (χ4v) is 6.12. The zero-order chi connectivity index (χ0) is 23.8. The molecular formula is C26H46N6OSi. The molecule has 2 aliphatic heterocycles. The zero-order valence-corrected chi connectivity index (χ0v) is 22.8. The van der Waals surface area contributed by atoms with Crippen molar-refractivity contribution >= 4 is 25.6 Å². The van der Waals surface area contributed by atoms with Gasteiger partial charge >= 0.3 is 0 Å². The van der Waals surface area contributed by atoms with Crippen LogP contribution in [0, 0.1) is 0 Å². The number of aromatic nitrogens is 2. The lowest BCUT2D eigenvalue weighted by atomic mass is 9.90. The number of rotatable bonds is 8. The molecular weight excluding hydrogens is 440 g/mol. The van der Waals surface area contributed by atoms with E-state index in [9.17, 15) is 0 Å². The molecule has 1 aromatic heterocycles. The Bertz CT molecular complexity index is 780. The number of piperidine rings is 1. The Balaban J connectivity index is 1.24. The van der Waals surface area contributed by atoms with Gasteiger partial charge in [0.1, 0.15) is 12.4 Å². The van der Waals surface area contributed by atoms with Gasteiger partial charge in [-0.05, 0) is 70.0 Å². The van der Waals surface area contributed by atoms with E-state index in [4.69, 9.17) is 9.82 Å². The van der Waals surface area contributed by atoms with Gasteiger partial charge in [0.25, 0.3) is 0 Å². The fourth-order valence-electron chi connectivity index (χ4n) is 5.41. The van der Waals surface area contributed by atoms with Crippen molar-refractivity contribution in [1.29, 1.82) is 0 Å². The molecule has 3 aliphatic rings. The number of likely N-dealkylation sites (tertiary alicyclic amines) is 1. The van der Waals surface area contributed by atoms with Gasteiger partial charge in [-0.15, -0.1) is 0 Å². The lowest BCUT2D eigenvalue weighted by Crippen LogP contribution is -2.48. The van der Waals surface area contributed by atoms with Gasteiger partial charge in [0.05, 0.1) is 5.71 Å². The highest BCUT2D eigenvalue weighted by Gasteiger charge is 2.29. The van der Waals surface area contributed by atoms with Crippen molar-refractivity contribution in [3.8, 4) is 0 Å². The quantitative estimate of drug-likeness (QED) is 0.302. The third-order valence-electron chi connectivity index (χ3n) is 7.54. The van der Waals surface area contributed by atoms with Crippen molar-refractivity contribution in [3.05, 3.63) is 12.3 Å². The summed E-state index contributed by atoms with van der Waals surface area (Å²) in [6, 6.07) is 4.33. The van der Waals surface area contributed by atoms with E-state index >= 15 is 0 Å². The van der Waals surface area contributed by atoms with E-state index < -0.39 is 8.07 Å². The van der Waals surface area contributed by atoms with Gasteiger partial charge in [-0.1, -0.05) is 37.6 Å². The van der Waals surface area contributed by atoms with E-state index in [1.807, 2.05) is 6.20 Å². The van der Waals surface area contributed by atoms with Crippen molar-refractivity contribution in [2.45, 2.75) is 102 Å². The molecule has 2 saturated heterocycles. The summed E-state index contributed by atoms with van der Waals surface area (Å²) in [5.41, 5.74) is 1.26. The third kappa shape index (κ3) is 7.94. The molecule has 3 heterocycles. The second-order valence-corrected chi connectivity index (χ2v) is 17.3. The molecule has 0 radical (unpaired) electrons. The maximum absolute atomic E-state index is 5.66. The highest BCUT2D eigenvalue weighted by molar-refractivity contribution is 6.76. The second-order valence-electron chi connectivity index (χ2n) is 11.7. The molecule has 8 heteroatoms. The molecule has 4 rings (SSSR count). The first-order valence-electron chi connectivity index (χ1n) is 13.7. The van der Waals surface area contributed by atoms with Crippen LogP contribution in [0.25, 0.3) is 0 Å². The highest BCUT2D eigenvalue weighted by atomic mass is 28.3. The number of nitrogens with one attached hydrogen (secondary N) is 1. The molecule has 1 aromatic rings. The molecule has 0 amide bonds. The average molecular weight is 487 g/mol. The van der Waals surface area contributed by atoms with Crippen molar-refractivity contribution in [1.82, 2.24) is 14.9 Å². The van der Waals surface area contributed by atoms with Gasteiger partial charge in [0.2, 0.25) is 5.95 Å². The molecule has 3 fully saturated rings. The van der Waals surface area contributed by atoms with E-state index in [0.29, 0.717) is 12.1 Å². The number of hydrogen-bond acceptors (Lipinski definition) is 7. The summed E-state index contributed by atoms with van der Waals surface area (Å²) in [6.45, 7) is 12.4. The predicted molar refractivity (Wildman–Crippen MR) is 145 cm³/mol. The van der Waals surface area contributed by atoms with Crippen LogP contribution < -0.4 is 10.2 Å². The van der Waals surface area contributed by atoms with Gasteiger partial charge in [-0.25, -0.2) is 4.98 Å². The first kappa shape index (κ1) is 25.4. The van der Waals surface area contributed by atoms with Crippen molar-refractivity contribution in [3.63, 3.8) is 0 Å². The van der Waals surface area contributed by atoms with Crippen LogP contribution in [0.5, 0.6) is 0 Å². The Labute approximate surface area is 207 Å². The molecule has 34 heavy (non-hydrogen) atoms. The van der Waals surface area contributed by atoms with Crippen LogP contribution in [0.4, 0.5) is 11.8 Å². The Morgan fingerprint density at radius 1 is 1.03 bits per heavy atom. The number of anilines is 2. The van der Waals surface area contributed by atoms with Crippen LogP contribution in [-0.2, 0) is 4.84 Å². The van der Waals surface area contributed by atoms with E-state index in [1.165, 1.54) is 69.7 Å². The summed E-state index contributed by atoms with van der Waals surface area (Å²) in [7, 11) is -1.04. The van der Waals surface area contributed by atoms with Crippen LogP contribution in [0.1, 0.15) is 64.2 Å². The summed E-state index contributed by atoms with van der Waals surface area (Å²) in [5, 5.41) is 8.15.